The van der Waals surface area contributed by atoms with Crippen LogP contribution in [0.3, 0.4) is 0 Å². The highest BCUT2D eigenvalue weighted by Crippen LogP contribution is 2.08. The Morgan fingerprint density at radius 3 is 2.58 bits per heavy atom. The summed E-state index contributed by atoms with van der Waals surface area (Å²) in [6.07, 6.45) is 0.597. The average molecular weight is 164 g/mol. The first-order valence-electron chi connectivity index (χ1n) is 3.61. The molecule has 0 saturated carbocycles. The molecule has 0 fully saturated rings. The number of para-hydroxylation sites is 1. The molecule has 0 N–H and O–H groups in total. The molecule has 0 saturated heterocycles. The van der Waals surface area contributed by atoms with Gasteiger partial charge in [-0.3, -0.25) is 4.79 Å². The van der Waals surface area contributed by atoms with Gasteiger partial charge in [0.05, 0.1) is 6.54 Å². The monoisotopic (exact) mass is 164 g/mol. The van der Waals surface area contributed by atoms with Crippen molar-refractivity contribution < 1.29 is 9.63 Å². The Hall–Kier alpha value is -1.51. The van der Waals surface area contributed by atoms with Gasteiger partial charge in [-0.15, -0.1) is 0 Å². The van der Waals surface area contributed by atoms with Crippen molar-refractivity contribution in [3.63, 3.8) is 0 Å². The number of nitrogens with zero attached hydrogens (tertiary/aromatic N) is 1. The van der Waals surface area contributed by atoms with Gasteiger partial charge in [-0.25, -0.2) is 0 Å². The van der Waals surface area contributed by atoms with E-state index < -0.39 is 0 Å². The SMILES string of the molecule is [CH2]CN(C=O)Oc1ccccc1. The minimum atomic E-state index is 0.290. The zero-order valence-corrected chi connectivity index (χ0v) is 6.64. The van der Waals surface area contributed by atoms with Gasteiger partial charge in [0.25, 0.3) is 0 Å². The molecule has 0 atom stereocenters. The second-order valence-electron chi connectivity index (χ2n) is 2.15. The van der Waals surface area contributed by atoms with Crippen molar-refractivity contribution in [1.82, 2.24) is 5.06 Å². The zero-order valence-electron chi connectivity index (χ0n) is 6.64. The van der Waals surface area contributed by atoms with Crippen molar-refractivity contribution >= 4 is 6.41 Å². The fraction of sp³-hybridized carbons (Fsp3) is 0.111. The van der Waals surface area contributed by atoms with Crippen LogP contribution in [0.4, 0.5) is 0 Å². The Balaban J connectivity index is 2.56. The Bertz CT molecular complexity index is 236. The average Bonchev–Trinajstić information content (AvgIpc) is 2.16. The van der Waals surface area contributed by atoms with Crippen LogP contribution in [-0.2, 0) is 4.79 Å². The largest absolute Gasteiger partial charge is 0.377 e. The summed E-state index contributed by atoms with van der Waals surface area (Å²) < 4.78 is 0. The molecule has 0 aliphatic rings. The third kappa shape index (κ3) is 2.27. The minimum Gasteiger partial charge on any atom is -0.377 e. The van der Waals surface area contributed by atoms with Crippen LogP contribution in [0.1, 0.15) is 0 Å². The van der Waals surface area contributed by atoms with E-state index in [1.807, 2.05) is 18.2 Å². The number of rotatable bonds is 4. The van der Waals surface area contributed by atoms with Gasteiger partial charge >= 0.3 is 0 Å². The molecule has 0 bridgehead atoms. The maximum Gasteiger partial charge on any atom is 0.242 e. The summed E-state index contributed by atoms with van der Waals surface area (Å²) in [6.45, 7) is 3.81. The Morgan fingerprint density at radius 1 is 1.42 bits per heavy atom. The molecular formula is C9H10NO2. The van der Waals surface area contributed by atoms with E-state index in [1.54, 1.807) is 12.1 Å². The number of hydroxylamine groups is 2. The number of benzene rings is 1. The van der Waals surface area contributed by atoms with Crippen LogP contribution in [0, 0.1) is 6.92 Å². The van der Waals surface area contributed by atoms with Crippen LogP contribution in [0.5, 0.6) is 5.75 Å². The molecule has 1 aromatic carbocycles. The first-order chi connectivity index (χ1) is 5.86. The molecule has 63 valence electrons. The first-order valence-corrected chi connectivity index (χ1v) is 3.61. The molecule has 0 unspecified atom stereocenters. The van der Waals surface area contributed by atoms with Crippen LogP contribution in [-0.4, -0.2) is 18.0 Å². The third-order valence-electron chi connectivity index (χ3n) is 1.30. The van der Waals surface area contributed by atoms with Crippen molar-refractivity contribution in [3.05, 3.63) is 37.3 Å². The smallest absolute Gasteiger partial charge is 0.242 e. The Kier molecular flexibility index (Phi) is 3.14. The number of hydrogen-bond acceptors (Lipinski definition) is 2. The minimum absolute atomic E-state index is 0.290. The lowest BCUT2D eigenvalue weighted by atomic mass is 10.3. The van der Waals surface area contributed by atoms with Crippen LogP contribution in [0.15, 0.2) is 30.3 Å². The first kappa shape index (κ1) is 8.59. The predicted octanol–water partition coefficient (Wildman–Crippen LogP) is 1.27. The summed E-state index contributed by atoms with van der Waals surface area (Å²) in [5.41, 5.74) is 0. The quantitative estimate of drug-likeness (QED) is 0.495. The van der Waals surface area contributed by atoms with Gasteiger partial charge in [0.15, 0.2) is 5.75 Å². The lowest BCUT2D eigenvalue weighted by molar-refractivity contribution is -0.140. The second kappa shape index (κ2) is 4.38. The van der Waals surface area contributed by atoms with Gasteiger partial charge in [0, 0.05) is 0 Å². The van der Waals surface area contributed by atoms with E-state index in [2.05, 4.69) is 6.92 Å². The van der Waals surface area contributed by atoms with E-state index in [-0.39, 0.29) is 0 Å². The fourth-order valence-corrected chi connectivity index (χ4v) is 0.737. The molecule has 1 rings (SSSR count). The highest BCUT2D eigenvalue weighted by Gasteiger charge is 1.98. The highest BCUT2D eigenvalue weighted by atomic mass is 16.7. The summed E-state index contributed by atoms with van der Waals surface area (Å²) in [6, 6.07) is 9.09. The van der Waals surface area contributed by atoms with E-state index >= 15 is 0 Å². The van der Waals surface area contributed by atoms with E-state index in [0.29, 0.717) is 18.7 Å². The molecule has 0 aliphatic heterocycles. The zero-order chi connectivity index (χ0) is 8.81. The maximum atomic E-state index is 10.3. The van der Waals surface area contributed by atoms with Crippen molar-refractivity contribution in [2.24, 2.45) is 0 Å². The van der Waals surface area contributed by atoms with E-state index in [0.717, 1.165) is 5.06 Å². The molecule has 0 aromatic heterocycles. The Morgan fingerprint density at radius 2 is 2.08 bits per heavy atom. The molecule has 3 heteroatoms. The molecule has 3 nitrogen and oxygen atoms in total. The van der Waals surface area contributed by atoms with Crippen molar-refractivity contribution in [1.29, 1.82) is 0 Å². The molecular weight excluding hydrogens is 154 g/mol. The summed E-state index contributed by atoms with van der Waals surface area (Å²) in [5, 5.41) is 1.12. The van der Waals surface area contributed by atoms with Gasteiger partial charge < -0.3 is 4.84 Å². The lowest BCUT2D eigenvalue weighted by Gasteiger charge is -2.14. The molecule has 1 aromatic rings. The van der Waals surface area contributed by atoms with Gasteiger partial charge in [-0.05, 0) is 19.1 Å². The molecule has 1 radical (unpaired) electrons. The van der Waals surface area contributed by atoms with Gasteiger partial charge in [0.2, 0.25) is 6.41 Å². The summed E-state index contributed by atoms with van der Waals surface area (Å²) in [4.78, 5) is 15.4. The summed E-state index contributed by atoms with van der Waals surface area (Å²) in [7, 11) is 0. The van der Waals surface area contributed by atoms with Crippen LogP contribution in [0.25, 0.3) is 0 Å². The van der Waals surface area contributed by atoms with Crippen molar-refractivity contribution in [2.45, 2.75) is 0 Å². The van der Waals surface area contributed by atoms with Gasteiger partial charge in [0.1, 0.15) is 0 Å². The predicted molar refractivity (Wildman–Crippen MR) is 45.2 cm³/mol. The molecule has 1 amide bonds. The van der Waals surface area contributed by atoms with Crippen molar-refractivity contribution in [3.8, 4) is 5.75 Å². The molecule has 0 aliphatic carbocycles. The number of carbonyl (C=O) groups is 1. The number of carbonyl (C=O) groups excluding carboxylic acids is 1. The van der Waals surface area contributed by atoms with E-state index in [9.17, 15) is 4.79 Å². The lowest BCUT2D eigenvalue weighted by Crippen LogP contribution is -2.25. The van der Waals surface area contributed by atoms with E-state index in [4.69, 9.17) is 4.84 Å². The van der Waals surface area contributed by atoms with Gasteiger partial charge in [-0.2, -0.15) is 5.06 Å². The Labute approximate surface area is 71.5 Å². The third-order valence-corrected chi connectivity index (χ3v) is 1.30. The number of amides is 1. The normalized spacial score (nSPS) is 9.08. The molecule has 0 heterocycles. The van der Waals surface area contributed by atoms with Crippen LogP contribution >= 0.6 is 0 Å². The van der Waals surface area contributed by atoms with Crippen LogP contribution < -0.4 is 4.84 Å². The summed E-state index contributed by atoms with van der Waals surface area (Å²) in [5.74, 6) is 0.633. The highest BCUT2D eigenvalue weighted by molar-refractivity contribution is 5.45. The van der Waals surface area contributed by atoms with Gasteiger partial charge in [-0.1, -0.05) is 18.2 Å². The molecule has 0 spiro atoms. The summed E-state index contributed by atoms with van der Waals surface area (Å²) >= 11 is 0. The fourth-order valence-electron chi connectivity index (χ4n) is 0.737. The van der Waals surface area contributed by atoms with Crippen LogP contribution in [0.2, 0.25) is 0 Å². The van der Waals surface area contributed by atoms with E-state index in [1.165, 1.54) is 0 Å². The topological polar surface area (TPSA) is 29.5 Å². The number of hydrogen-bond donors (Lipinski definition) is 0. The second-order valence-corrected chi connectivity index (χ2v) is 2.15. The van der Waals surface area contributed by atoms with Crippen molar-refractivity contribution in [2.75, 3.05) is 6.54 Å². The standard InChI is InChI=1S/C9H10NO2/c1-2-10(8-11)12-9-6-4-3-5-7-9/h3-8H,1-2H2. The maximum absolute atomic E-state index is 10.3. The molecule has 12 heavy (non-hydrogen) atoms.